The summed E-state index contributed by atoms with van der Waals surface area (Å²) >= 11 is 0. The van der Waals surface area contributed by atoms with Crippen molar-refractivity contribution < 1.29 is 44.1 Å². The van der Waals surface area contributed by atoms with Gasteiger partial charge >= 0.3 is 17.9 Å². The molecule has 0 aliphatic carbocycles. The highest BCUT2D eigenvalue weighted by molar-refractivity contribution is 5.85. The van der Waals surface area contributed by atoms with Crippen LogP contribution >= 0.6 is 0 Å². The van der Waals surface area contributed by atoms with Crippen LogP contribution in [-0.4, -0.2) is 102 Å². The maximum Gasteiger partial charge on any atom is 0.326 e. The summed E-state index contributed by atoms with van der Waals surface area (Å²) in [7, 11) is 0. The average molecular weight is 556 g/mol. The Kier molecular flexibility index (Phi) is 13.4. The molecular weight excluding hydrogens is 510 g/mol. The van der Waals surface area contributed by atoms with E-state index in [4.69, 9.17) is 15.3 Å². The molecule has 12 heteroatoms. The van der Waals surface area contributed by atoms with Crippen molar-refractivity contribution in [2.45, 2.75) is 136 Å². The first-order valence-electron chi connectivity index (χ1n) is 13.8. The van der Waals surface area contributed by atoms with Gasteiger partial charge in [0.05, 0.1) is 0 Å². The van der Waals surface area contributed by atoms with E-state index in [0.29, 0.717) is 38.5 Å². The largest absolute Gasteiger partial charge is 0.480 e. The van der Waals surface area contributed by atoms with Crippen molar-refractivity contribution in [2.75, 3.05) is 0 Å². The number of carbonyl (C=O) groups excluding carboxylic acids is 3. The number of likely N-dealkylation sites (tertiary alicyclic amines) is 3. The van der Waals surface area contributed by atoms with Crippen LogP contribution < -0.4 is 0 Å². The van der Waals surface area contributed by atoms with E-state index in [0.717, 1.165) is 19.3 Å². The predicted octanol–water partition coefficient (Wildman–Crippen LogP) is 2.58. The van der Waals surface area contributed by atoms with Crippen LogP contribution in [0.1, 0.15) is 99.3 Å². The average Bonchev–Trinajstić information content (AvgIpc) is 3.59. The van der Waals surface area contributed by atoms with E-state index in [1.165, 1.54) is 14.7 Å². The minimum absolute atomic E-state index is 0.0580. The molecule has 0 spiro atoms. The number of carboxylic acid groups (broad SMARTS) is 3. The van der Waals surface area contributed by atoms with Gasteiger partial charge in [-0.2, -0.15) is 0 Å². The van der Waals surface area contributed by atoms with Gasteiger partial charge in [-0.25, -0.2) is 14.4 Å². The summed E-state index contributed by atoms with van der Waals surface area (Å²) in [6, 6.07) is -1.55. The molecule has 3 aliphatic rings. The van der Waals surface area contributed by atoms with Gasteiger partial charge in [0.1, 0.15) is 18.1 Å². The maximum absolute atomic E-state index is 11.4. The zero-order chi connectivity index (χ0) is 30.0. The minimum Gasteiger partial charge on any atom is -0.480 e. The molecule has 3 rings (SSSR count). The van der Waals surface area contributed by atoms with Crippen molar-refractivity contribution in [1.29, 1.82) is 0 Å². The number of rotatable bonds is 6. The molecule has 0 bridgehead atoms. The molecule has 0 radical (unpaired) electrons. The van der Waals surface area contributed by atoms with Gasteiger partial charge in [-0.15, -0.1) is 0 Å². The van der Waals surface area contributed by atoms with Crippen LogP contribution in [0.25, 0.3) is 0 Å². The van der Waals surface area contributed by atoms with Gasteiger partial charge in [-0.1, -0.05) is 20.8 Å². The Morgan fingerprint density at radius 2 is 0.692 bits per heavy atom. The van der Waals surface area contributed by atoms with Crippen LogP contribution in [-0.2, 0) is 28.8 Å². The molecule has 222 valence electrons. The Bertz CT molecular complexity index is 795. The number of aliphatic carboxylic acids is 3. The van der Waals surface area contributed by atoms with Crippen molar-refractivity contribution >= 4 is 35.6 Å². The predicted molar refractivity (Wildman–Crippen MR) is 142 cm³/mol. The second-order valence-corrected chi connectivity index (χ2v) is 10.3. The first-order valence-corrected chi connectivity index (χ1v) is 13.8. The number of hydrogen-bond acceptors (Lipinski definition) is 6. The quantitative estimate of drug-likeness (QED) is 0.445. The number of nitrogens with zero attached hydrogens (tertiary/aromatic N) is 3. The fourth-order valence-electron chi connectivity index (χ4n) is 5.49. The highest BCUT2D eigenvalue weighted by Gasteiger charge is 2.39. The Balaban J connectivity index is 0.000000292. The molecule has 39 heavy (non-hydrogen) atoms. The lowest BCUT2D eigenvalue weighted by Gasteiger charge is -2.25. The molecule has 3 N–H and O–H groups in total. The third-order valence-electron chi connectivity index (χ3n) is 7.63. The summed E-state index contributed by atoms with van der Waals surface area (Å²) in [6.45, 7) is 11.0. The van der Waals surface area contributed by atoms with E-state index < -0.39 is 36.0 Å². The van der Waals surface area contributed by atoms with Gasteiger partial charge < -0.3 is 30.0 Å². The van der Waals surface area contributed by atoms with Gasteiger partial charge in [0.15, 0.2) is 0 Å². The highest BCUT2D eigenvalue weighted by atomic mass is 16.4. The Morgan fingerprint density at radius 3 is 0.846 bits per heavy atom. The summed E-state index contributed by atoms with van der Waals surface area (Å²) in [5, 5.41) is 26.6. The summed E-state index contributed by atoms with van der Waals surface area (Å²) < 4.78 is 0. The number of amides is 3. The molecule has 0 aromatic carbocycles. The van der Waals surface area contributed by atoms with Gasteiger partial charge in [0.2, 0.25) is 17.7 Å². The normalized spacial score (nSPS) is 27.7. The van der Waals surface area contributed by atoms with E-state index in [1.807, 2.05) is 20.8 Å². The maximum atomic E-state index is 11.4. The van der Waals surface area contributed by atoms with Crippen LogP contribution in [0, 0.1) is 0 Å². The Labute approximate surface area is 230 Å². The van der Waals surface area contributed by atoms with E-state index in [9.17, 15) is 28.8 Å². The summed E-state index contributed by atoms with van der Waals surface area (Å²) in [6.07, 6.45) is 5.29. The molecule has 3 fully saturated rings. The van der Waals surface area contributed by atoms with Crippen molar-refractivity contribution in [1.82, 2.24) is 14.7 Å². The molecule has 3 heterocycles. The smallest absolute Gasteiger partial charge is 0.326 e. The van der Waals surface area contributed by atoms with Crippen LogP contribution in [0.4, 0.5) is 0 Å². The van der Waals surface area contributed by atoms with Crippen molar-refractivity contribution in [3.8, 4) is 0 Å². The Hall–Kier alpha value is -3.18. The fourth-order valence-corrected chi connectivity index (χ4v) is 5.49. The van der Waals surface area contributed by atoms with E-state index >= 15 is 0 Å². The van der Waals surface area contributed by atoms with Gasteiger partial charge in [-0.05, 0) is 59.3 Å². The summed E-state index contributed by atoms with van der Waals surface area (Å²) in [5.74, 6) is -2.82. The Morgan fingerprint density at radius 1 is 0.487 bits per heavy atom. The van der Waals surface area contributed by atoms with Crippen LogP contribution in [0.5, 0.6) is 0 Å². The third kappa shape index (κ3) is 8.66. The van der Waals surface area contributed by atoms with Crippen LogP contribution in [0.3, 0.4) is 0 Å². The van der Waals surface area contributed by atoms with Gasteiger partial charge in [0.25, 0.3) is 0 Å². The van der Waals surface area contributed by atoms with E-state index in [1.54, 1.807) is 20.8 Å². The third-order valence-corrected chi connectivity index (χ3v) is 7.63. The lowest BCUT2D eigenvalue weighted by molar-refractivity contribution is -0.149. The molecule has 3 amide bonds. The van der Waals surface area contributed by atoms with Crippen LogP contribution in [0.15, 0.2) is 0 Å². The summed E-state index contributed by atoms with van der Waals surface area (Å²) in [5.41, 5.74) is 0. The molecular formula is C27H45N3O9. The highest BCUT2D eigenvalue weighted by Crippen LogP contribution is 2.26. The lowest BCUT2D eigenvalue weighted by atomic mass is 10.2. The minimum atomic E-state index is -0.883. The van der Waals surface area contributed by atoms with Crippen molar-refractivity contribution in [3.63, 3.8) is 0 Å². The number of carbonyl (C=O) groups is 6. The molecule has 3 aliphatic heterocycles. The van der Waals surface area contributed by atoms with Gasteiger partial charge in [-0.3, -0.25) is 14.4 Å². The van der Waals surface area contributed by atoms with Crippen molar-refractivity contribution in [2.24, 2.45) is 0 Å². The monoisotopic (exact) mass is 555 g/mol. The SMILES string of the molecule is CCC(=O)N1C(C(=O)O)CC[C@@H]1C.CCC(=O)N1C(C)CCC1C(=O)O.CCC(=O)N1[C@H](C)CC[C@H]1C(=O)O. The standard InChI is InChI=1S/3C9H15NO3/c3*1-3-8(11)10-6(2)4-5-7(10)9(12)13/h3*6-7H,3-5H2,1-2H3,(H,12,13)/t6-,7?;6-,7+;/m01./s1. The number of carboxylic acids is 3. The molecule has 0 aromatic heterocycles. The fraction of sp³-hybridized carbons (Fsp3) is 0.778. The molecule has 3 unspecified atom stereocenters. The zero-order valence-corrected chi connectivity index (χ0v) is 24.0. The molecule has 12 nitrogen and oxygen atoms in total. The first-order chi connectivity index (χ1) is 18.2. The topological polar surface area (TPSA) is 173 Å². The second kappa shape index (κ2) is 15.4. The molecule has 0 aromatic rings. The zero-order valence-electron chi connectivity index (χ0n) is 24.0. The van der Waals surface area contributed by atoms with Gasteiger partial charge in [0, 0.05) is 37.4 Å². The molecule has 0 saturated carbocycles. The second-order valence-electron chi connectivity index (χ2n) is 10.3. The summed E-state index contributed by atoms with van der Waals surface area (Å²) in [4.78, 5) is 71.1. The van der Waals surface area contributed by atoms with E-state index in [-0.39, 0.29) is 35.8 Å². The molecule has 3 saturated heterocycles. The lowest BCUT2D eigenvalue weighted by Crippen LogP contribution is -2.43. The number of hydrogen-bond donors (Lipinski definition) is 3. The van der Waals surface area contributed by atoms with Crippen molar-refractivity contribution in [3.05, 3.63) is 0 Å². The molecule has 6 atom stereocenters. The van der Waals surface area contributed by atoms with Crippen LogP contribution in [0.2, 0.25) is 0 Å². The first kappa shape index (κ1) is 33.8. The van der Waals surface area contributed by atoms with E-state index in [2.05, 4.69) is 0 Å².